The molecule has 108 valence electrons. The fourth-order valence-electron chi connectivity index (χ4n) is 2.39. The van der Waals surface area contributed by atoms with Gasteiger partial charge in [-0.3, -0.25) is 4.98 Å². The van der Waals surface area contributed by atoms with Crippen LogP contribution in [-0.2, 0) is 0 Å². The molecule has 1 aromatic heterocycles. The van der Waals surface area contributed by atoms with Gasteiger partial charge in [-0.15, -0.1) is 0 Å². The number of benzene rings is 1. The molecule has 1 heterocycles. The van der Waals surface area contributed by atoms with E-state index in [2.05, 4.69) is 30.4 Å². The number of thioether (sulfide) groups is 1. The van der Waals surface area contributed by atoms with Crippen LogP contribution in [0.5, 0.6) is 0 Å². The molecule has 4 heteroatoms. The molecule has 20 heavy (non-hydrogen) atoms. The second-order valence-corrected chi connectivity index (χ2v) is 6.68. The van der Waals surface area contributed by atoms with E-state index in [4.69, 9.17) is 11.6 Å². The van der Waals surface area contributed by atoms with Crippen LogP contribution in [0.1, 0.15) is 26.7 Å². The van der Waals surface area contributed by atoms with E-state index < -0.39 is 0 Å². The van der Waals surface area contributed by atoms with Gasteiger partial charge in [0.05, 0.1) is 5.52 Å². The number of pyridine rings is 1. The maximum Gasteiger partial charge on any atom is 0.0737 e. The first kappa shape index (κ1) is 15.5. The van der Waals surface area contributed by atoms with Crippen molar-refractivity contribution in [1.82, 2.24) is 4.98 Å². The molecule has 0 spiro atoms. The number of nitrogens with zero attached hydrogens (tertiary/aromatic N) is 1. The lowest BCUT2D eigenvalue weighted by molar-refractivity contribution is 0.575. The van der Waals surface area contributed by atoms with Crippen LogP contribution < -0.4 is 5.32 Å². The highest BCUT2D eigenvalue weighted by atomic mass is 35.5. The van der Waals surface area contributed by atoms with E-state index in [1.54, 1.807) is 0 Å². The van der Waals surface area contributed by atoms with Crippen LogP contribution in [0.3, 0.4) is 0 Å². The van der Waals surface area contributed by atoms with Crippen LogP contribution in [-0.4, -0.2) is 22.5 Å². The molecule has 0 saturated carbocycles. The average molecular weight is 309 g/mol. The molecule has 2 aromatic rings. The lowest BCUT2D eigenvalue weighted by atomic mass is 10.0. The van der Waals surface area contributed by atoms with Crippen molar-refractivity contribution in [1.29, 1.82) is 0 Å². The van der Waals surface area contributed by atoms with Gasteiger partial charge in [0, 0.05) is 33.6 Å². The zero-order valence-corrected chi connectivity index (χ0v) is 13.8. The van der Waals surface area contributed by atoms with E-state index in [9.17, 15) is 0 Å². The number of aromatic nitrogens is 1. The van der Waals surface area contributed by atoms with Crippen molar-refractivity contribution in [3.8, 4) is 0 Å². The van der Waals surface area contributed by atoms with Gasteiger partial charge in [0.2, 0.25) is 0 Å². The summed E-state index contributed by atoms with van der Waals surface area (Å²) in [7, 11) is 0. The van der Waals surface area contributed by atoms with E-state index in [0.29, 0.717) is 4.75 Å². The van der Waals surface area contributed by atoms with E-state index in [0.717, 1.165) is 41.0 Å². The fraction of sp³-hybridized carbons (Fsp3) is 0.438. The van der Waals surface area contributed by atoms with Gasteiger partial charge >= 0.3 is 0 Å². The highest BCUT2D eigenvalue weighted by molar-refractivity contribution is 8.00. The standard InChI is InChI=1S/C16H21ClN2S/c1-4-16(5-2,20-3)11-19-14-8-9-18-15-10-12(17)6-7-13(14)15/h6-10H,4-5,11H2,1-3H3,(H,18,19). The first-order valence-corrected chi connectivity index (χ1v) is 8.57. The molecule has 2 rings (SSSR count). The molecule has 1 aromatic carbocycles. The first-order valence-electron chi connectivity index (χ1n) is 6.97. The lowest BCUT2D eigenvalue weighted by Gasteiger charge is -2.30. The summed E-state index contributed by atoms with van der Waals surface area (Å²) in [5, 5.41) is 5.45. The Kier molecular flexibility index (Phi) is 5.17. The molecule has 1 N–H and O–H groups in total. The number of hydrogen-bond acceptors (Lipinski definition) is 3. The fourth-order valence-corrected chi connectivity index (χ4v) is 3.35. The molecule has 0 amide bonds. The summed E-state index contributed by atoms with van der Waals surface area (Å²) in [5.74, 6) is 0. The van der Waals surface area contributed by atoms with Gasteiger partial charge in [0.1, 0.15) is 0 Å². The minimum atomic E-state index is 0.294. The Labute approximate surface area is 130 Å². The number of fused-ring (bicyclic) bond motifs is 1. The van der Waals surface area contributed by atoms with Crippen LogP contribution in [0.25, 0.3) is 10.9 Å². The van der Waals surface area contributed by atoms with Crippen LogP contribution in [0.4, 0.5) is 5.69 Å². The Morgan fingerprint density at radius 1 is 1.25 bits per heavy atom. The molecular formula is C16H21ClN2S. The highest BCUT2D eigenvalue weighted by Crippen LogP contribution is 2.32. The minimum absolute atomic E-state index is 0.294. The Morgan fingerprint density at radius 2 is 2.00 bits per heavy atom. The number of halogens is 1. The molecule has 2 nitrogen and oxygen atoms in total. The SMILES string of the molecule is CCC(CC)(CNc1ccnc2cc(Cl)ccc12)SC. The van der Waals surface area contributed by atoms with Gasteiger partial charge < -0.3 is 5.32 Å². The zero-order chi connectivity index (χ0) is 14.6. The van der Waals surface area contributed by atoms with Gasteiger partial charge in [-0.2, -0.15) is 11.8 Å². The van der Waals surface area contributed by atoms with Crippen LogP contribution in [0.15, 0.2) is 30.5 Å². The van der Waals surface area contributed by atoms with E-state index in [1.807, 2.05) is 42.2 Å². The topological polar surface area (TPSA) is 24.9 Å². The van der Waals surface area contributed by atoms with Crippen LogP contribution >= 0.6 is 23.4 Å². The van der Waals surface area contributed by atoms with Crippen molar-refractivity contribution in [2.45, 2.75) is 31.4 Å². The molecule has 0 saturated heterocycles. The quantitative estimate of drug-likeness (QED) is 0.791. The van der Waals surface area contributed by atoms with Crippen molar-refractivity contribution in [3.05, 3.63) is 35.5 Å². The summed E-state index contributed by atoms with van der Waals surface area (Å²) in [6.45, 7) is 5.47. The van der Waals surface area contributed by atoms with Crippen molar-refractivity contribution in [3.63, 3.8) is 0 Å². The summed E-state index contributed by atoms with van der Waals surface area (Å²) >= 11 is 7.97. The van der Waals surface area contributed by atoms with E-state index in [-0.39, 0.29) is 0 Å². The Hall–Kier alpha value is -0.930. The number of rotatable bonds is 6. The Balaban J connectivity index is 2.26. The van der Waals surface area contributed by atoms with Crippen molar-refractivity contribution in [2.24, 2.45) is 0 Å². The predicted molar refractivity (Wildman–Crippen MR) is 92.1 cm³/mol. The smallest absolute Gasteiger partial charge is 0.0737 e. The molecule has 0 fully saturated rings. The average Bonchev–Trinajstić information content (AvgIpc) is 2.49. The summed E-state index contributed by atoms with van der Waals surface area (Å²) < 4.78 is 0.294. The molecule has 0 unspecified atom stereocenters. The van der Waals surface area contributed by atoms with Gasteiger partial charge in [0.25, 0.3) is 0 Å². The van der Waals surface area contributed by atoms with E-state index in [1.165, 1.54) is 0 Å². The maximum absolute atomic E-state index is 6.02. The molecular weight excluding hydrogens is 288 g/mol. The molecule has 0 atom stereocenters. The third-order valence-electron chi connectivity index (χ3n) is 4.03. The summed E-state index contributed by atoms with van der Waals surface area (Å²) in [4.78, 5) is 4.38. The normalized spacial score (nSPS) is 11.8. The van der Waals surface area contributed by atoms with Gasteiger partial charge in [-0.25, -0.2) is 0 Å². The van der Waals surface area contributed by atoms with Crippen LogP contribution in [0, 0.1) is 0 Å². The molecule has 0 aliphatic rings. The number of nitrogens with one attached hydrogen (secondary N) is 1. The van der Waals surface area contributed by atoms with Crippen molar-refractivity contribution in [2.75, 3.05) is 18.1 Å². The highest BCUT2D eigenvalue weighted by Gasteiger charge is 2.24. The van der Waals surface area contributed by atoms with E-state index >= 15 is 0 Å². The second kappa shape index (κ2) is 6.68. The largest absolute Gasteiger partial charge is 0.383 e. The predicted octanol–water partition coefficient (Wildman–Crippen LogP) is 5.22. The molecule has 0 bridgehead atoms. The minimum Gasteiger partial charge on any atom is -0.383 e. The summed E-state index contributed by atoms with van der Waals surface area (Å²) in [6, 6.07) is 7.89. The molecule has 0 radical (unpaired) electrons. The Morgan fingerprint density at radius 3 is 2.65 bits per heavy atom. The monoisotopic (exact) mass is 308 g/mol. The van der Waals surface area contributed by atoms with Crippen molar-refractivity contribution >= 4 is 40.0 Å². The first-order chi connectivity index (χ1) is 9.64. The third kappa shape index (κ3) is 3.21. The van der Waals surface area contributed by atoms with Gasteiger partial charge in [-0.1, -0.05) is 25.4 Å². The lowest BCUT2D eigenvalue weighted by Crippen LogP contribution is -2.32. The number of anilines is 1. The number of hydrogen-bond donors (Lipinski definition) is 1. The summed E-state index contributed by atoms with van der Waals surface area (Å²) in [5.41, 5.74) is 2.07. The maximum atomic E-state index is 6.02. The summed E-state index contributed by atoms with van der Waals surface area (Å²) in [6.07, 6.45) is 6.35. The van der Waals surface area contributed by atoms with Gasteiger partial charge in [0.15, 0.2) is 0 Å². The van der Waals surface area contributed by atoms with Gasteiger partial charge in [-0.05, 0) is 43.4 Å². The molecule has 0 aliphatic carbocycles. The van der Waals surface area contributed by atoms with Crippen molar-refractivity contribution < 1.29 is 0 Å². The zero-order valence-electron chi connectivity index (χ0n) is 12.2. The van der Waals surface area contributed by atoms with Crippen LogP contribution in [0.2, 0.25) is 5.02 Å². The Bertz CT molecular complexity index is 573. The second-order valence-electron chi connectivity index (χ2n) is 4.97. The third-order valence-corrected chi connectivity index (χ3v) is 5.85. The molecule has 0 aliphatic heterocycles.